The molecule has 1 unspecified atom stereocenters. The largest absolute Gasteiger partial charge is 0.472 e. The van der Waals surface area contributed by atoms with Gasteiger partial charge in [-0.1, -0.05) is 151 Å². The Morgan fingerprint density at radius 3 is 1.83 bits per heavy atom. The number of unbranched alkanes of at least 4 members (excludes halogenated alkanes) is 12. The Balaban J connectivity index is 4.63. The van der Waals surface area contributed by atoms with Crippen LogP contribution in [-0.2, 0) is 18.4 Å². The van der Waals surface area contributed by atoms with Crippen molar-refractivity contribution in [3.63, 3.8) is 0 Å². The van der Waals surface area contributed by atoms with Crippen molar-refractivity contribution in [2.75, 3.05) is 40.9 Å². The third-order valence-electron chi connectivity index (χ3n) is 8.59. The van der Waals surface area contributed by atoms with Gasteiger partial charge >= 0.3 is 7.82 Å². The lowest BCUT2D eigenvalue weighted by Crippen LogP contribution is -2.45. The lowest BCUT2D eigenvalue weighted by atomic mass is 10.0. The van der Waals surface area contributed by atoms with Crippen LogP contribution in [-0.4, -0.2) is 84.6 Å². The van der Waals surface area contributed by atoms with Gasteiger partial charge in [-0.2, -0.15) is 0 Å². The van der Waals surface area contributed by atoms with Crippen LogP contribution >= 0.6 is 7.82 Å². The number of hydrogen-bond donors (Lipinski definition) is 4. The highest BCUT2D eigenvalue weighted by atomic mass is 31.2. The van der Waals surface area contributed by atoms with E-state index in [0.717, 1.165) is 51.4 Å². The van der Waals surface area contributed by atoms with E-state index in [0.29, 0.717) is 17.4 Å². The first kappa shape index (κ1) is 50.9. The van der Waals surface area contributed by atoms with Crippen molar-refractivity contribution >= 4 is 13.7 Å². The monoisotopic (exact) mass is 766 g/mol. The number of quaternary nitrogens is 1. The third kappa shape index (κ3) is 36.6. The van der Waals surface area contributed by atoms with Gasteiger partial charge in [-0.15, -0.1) is 0 Å². The lowest BCUT2D eigenvalue weighted by molar-refractivity contribution is -0.870. The number of likely N-dealkylation sites (N-methyl/N-ethyl adjacent to an activating group) is 1. The number of allylic oxidation sites excluding steroid dienone is 10. The summed E-state index contributed by atoms with van der Waals surface area (Å²) in [5.74, 6) is -0.250. The van der Waals surface area contributed by atoms with E-state index in [9.17, 15) is 24.5 Å². The van der Waals surface area contributed by atoms with Crippen molar-refractivity contribution in [1.29, 1.82) is 0 Å². The Kier molecular flexibility index (Phi) is 33.0. The fourth-order valence-corrected chi connectivity index (χ4v) is 5.88. The number of hydrogen-bond acceptors (Lipinski definition) is 6. The molecule has 0 saturated carbocycles. The van der Waals surface area contributed by atoms with Gasteiger partial charge in [0.05, 0.1) is 46.0 Å². The first-order valence-corrected chi connectivity index (χ1v) is 21.9. The molecule has 0 heterocycles. The van der Waals surface area contributed by atoms with E-state index in [-0.39, 0.29) is 31.6 Å². The van der Waals surface area contributed by atoms with Gasteiger partial charge in [-0.05, 0) is 51.4 Å². The molecule has 4 atom stereocenters. The molecule has 53 heavy (non-hydrogen) atoms. The maximum absolute atomic E-state index is 12.8. The minimum Gasteiger partial charge on any atom is -0.389 e. The van der Waals surface area contributed by atoms with Crippen LogP contribution in [0, 0.1) is 0 Å². The fourth-order valence-electron chi connectivity index (χ4n) is 5.14. The van der Waals surface area contributed by atoms with Crippen LogP contribution in [0.2, 0.25) is 0 Å². The van der Waals surface area contributed by atoms with Gasteiger partial charge in [-0.3, -0.25) is 13.8 Å². The van der Waals surface area contributed by atoms with E-state index in [1.54, 1.807) is 12.2 Å². The van der Waals surface area contributed by atoms with Gasteiger partial charge in [0.2, 0.25) is 5.91 Å². The first-order chi connectivity index (χ1) is 25.4. The standard InChI is InChI=1S/C43H77N2O7P/c1-6-8-9-10-11-12-13-16-20-23-26-29-32-35-42(47)41(39-52-53(49,50)51-38-37-45(3,4)5)44-43(48)36-33-30-27-24-21-18-15-14-17-19-22-25-28-31-34-40(46)7-2/h15,17-19,24-25,27-28,31-32,34-35,40-42,46-47H,6-14,16,20-23,26,29-30,33,36-39H2,1-5H3,(H-,44,48,49,50)/p+1/b18-15-,19-17-,27-24-,28-25-,34-31+,35-32+/t40-,41+,42-/m1/s1. The summed E-state index contributed by atoms with van der Waals surface area (Å²) < 4.78 is 23.4. The van der Waals surface area contributed by atoms with E-state index in [2.05, 4.69) is 48.7 Å². The third-order valence-corrected chi connectivity index (χ3v) is 9.57. The number of nitrogens with one attached hydrogen (secondary N) is 1. The Morgan fingerprint density at radius 2 is 1.25 bits per heavy atom. The predicted molar refractivity (Wildman–Crippen MR) is 222 cm³/mol. The zero-order chi connectivity index (χ0) is 39.5. The highest BCUT2D eigenvalue weighted by Gasteiger charge is 2.27. The summed E-state index contributed by atoms with van der Waals surface area (Å²) in [4.78, 5) is 23.0. The highest BCUT2D eigenvalue weighted by Crippen LogP contribution is 2.43. The van der Waals surface area contributed by atoms with Crippen LogP contribution in [0.5, 0.6) is 0 Å². The van der Waals surface area contributed by atoms with Crippen molar-refractivity contribution in [3.05, 3.63) is 72.9 Å². The number of phosphoric acid groups is 1. The van der Waals surface area contributed by atoms with Crippen LogP contribution in [0.1, 0.15) is 136 Å². The molecule has 0 saturated heterocycles. The van der Waals surface area contributed by atoms with Crippen LogP contribution in [0.3, 0.4) is 0 Å². The Hall–Kier alpha value is -2.10. The number of aliphatic hydroxyl groups is 2. The Labute approximate surface area is 324 Å². The quantitative estimate of drug-likeness (QED) is 0.0166. The van der Waals surface area contributed by atoms with E-state index < -0.39 is 20.0 Å². The molecule has 0 aliphatic rings. The summed E-state index contributed by atoms with van der Waals surface area (Å²) in [5.41, 5.74) is 0. The zero-order valence-electron chi connectivity index (χ0n) is 34.1. The van der Waals surface area contributed by atoms with E-state index in [1.807, 2.05) is 52.4 Å². The van der Waals surface area contributed by atoms with E-state index in [4.69, 9.17) is 9.05 Å². The van der Waals surface area contributed by atoms with Crippen molar-refractivity contribution in [2.24, 2.45) is 0 Å². The van der Waals surface area contributed by atoms with Crippen molar-refractivity contribution in [3.8, 4) is 0 Å². The molecule has 0 aliphatic heterocycles. The molecule has 4 N–H and O–H groups in total. The van der Waals surface area contributed by atoms with Gasteiger partial charge in [-0.25, -0.2) is 4.57 Å². The molecule has 0 aromatic heterocycles. The molecule has 306 valence electrons. The summed E-state index contributed by atoms with van der Waals surface area (Å²) in [5, 5.41) is 23.2. The molecule has 0 fully saturated rings. The number of amides is 1. The average Bonchev–Trinajstić information content (AvgIpc) is 3.10. The fraction of sp³-hybridized carbons (Fsp3) is 0.698. The molecular weight excluding hydrogens is 687 g/mol. The summed E-state index contributed by atoms with van der Waals surface area (Å²) in [6, 6.07) is -0.888. The number of aliphatic hydroxyl groups excluding tert-OH is 2. The minimum absolute atomic E-state index is 0.0406. The van der Waals surface area contributed by atoms with Gasteiger partial charge in [0, 0.05) is 6.42 Å². The first-order valence-electron chi connectivity index (χ1n) is 20.4. The molecule has 0 radical (unpaired) electrons. The van der Waals surface area contributed by atoms with Gasteiger partial charge in [0.25, 0.3) is 0 Å². The van der Waals surface area contributed by atoms with E-state index in [1.165, 1.54) is 57.8 Å². The van der Waals surface area contributed by atoms with Gasteiger partial charge in [0.1, 0.15) is 13.2 Å². The SMILES string of the molecule is CCCCCCCCCCCCC/C=C/[C@@H](O)[C@H](COP(=O)(O)OCC[N+](C)(C)C)NC(=O)CCC/C=C\C/C=C\C/C=C\C/C=C\C=C\[C@H](O)CC. The number of carbonyl (C=O) groups excluding carboxylic acids is 1. The van der Waals surface area contributed by atoms with Crippen molar-refractivity contribution in [1.82, 2.24) is 5.32 Å². The number of rotatable bonds is 35. The molecule has 0 aromatic rings. The minimum atomic E-state index is -4.36. The second kappa shape index (κ2) is 34.4. The topological polar surface area (TPSA) is 125 Å². The Bertz CT molecular complexity index is 1110. The van der Waals surface area contributed by atoms with Crippen LogP contribution in [0.15, 0.2) is 72.9 Å². The van der Waals surface area contributed by atoms with Gasteiger partial charge < -0.3 is 24.9 Å². The molecule has 9 nitrogen and oxygen atoms in total. The molecule has 0 aromatic carbocycles. The number of phosphoric ester groups is 1. The van der Waals surface area contributed by atoms with Crippen molar-refractivity contribution < 1.29 is 38.0 Å². The van der Waals surface area contributed by atoms with Gasteiger partial charge in [0.15, 0.2) is 0 Å². The molecular formula is C43H78N2O7P+. The smallest absolute Gasteiger partial charge is 0.389 e. The second-order valence-electron chi connectivity index (χ2n) is 14.8. The molecule has 0 aliphatic carbocycles. The lowest BCUT2D eigenvalue weighted by Gasteiger charge is -2.25. The maximum Gasteiger partial charge on any atom is 0.472 e. The van der Waals surface area contributed by atoms with Crippen LogP contribution in [0.4, 0.5) is 0 Å². The molecule has 0 rings (SSSR count). The number of carbonyl (C=O) groups is 1. The van der Waals surface area contributed by atoms with Crippen LogP contribution < -0.4 is 5.32 Å². The average molecular weight is 766 g/mol. The molecule has 10 heteroatoms. The molecule has 0 bridgehead atoms. The molecule has 1 amide bonds. The van der Waals surface area contributed by atoms with Crippen molar-refractivity contribution in [2.45, 2.75) is 154 Å². The summed E-state index contributed by atoms with van der Waals surface area (Å²) in [6.07, 6.45) is 42.1. The molecule has 0 spiro atoms. The predicted octanol–water partition coefficient (Wildman–Crippen LogP) is 9.82. The van der Waals surface area contributed by atoms with Crippen LogP contribution in [0.25, 0.3) is 0 Å². The highest BCUT2D eigenvalue weighted by molar-refractivity contribution is 7.47. The zero-order valence-corrected chi connectivity index (χ0v) is 35.0. The second-order valence-corrected chi connectivity index (χ2v) is 16.3. The normalized spacial score (nSPS) is 15.8. The maximum atomic E-state index is 12.8. The summed E-state index contributed by atoms with van der Waals surface area (Å²) in [7, 11) is 1.50. The Morgan fingerprint density at radius 1 is 0.698 bits per heavy atom. The number of nitrogens with zero attached hydrogens (tertiary/aromatic N) is 1. The summed E-state index contributed by atoms with van der Waals surface area (Å²) >= 11 is 0. The summed E-state index contributed by atoms with van der Waals surface area (Å²) in [6.45, 7) is 4.40. The van der Waals surface area contributed by atoms with E-state index >= 15 is 0 Å².